The number of fused-ring (bicyclic) bond motifs is 14. The number of alkyl halides is 2. The lowest BCUT2D eigenvalue weighted by Gasteiger charge is -2.15. The van der Waals surface area contributed by atoms with Crippen LogP contribution in [0, 0.1) is 0 Å². The highest BCUT2D eigenvalue weighted by atomic mass is 79.9. The molecule has 0 atom stereocenters. The highest BCUT2D eigenvalue weighted by molar-refractivity contribution is 9.08. The monoisotopic (exact) mass is 2110 g/mol. The van der Waals surface area contributed by atoms with E-state index in [-0.39, 0.29) is 112 Å². The summed E-state index contributed by atoms with van der Waals surface area (Å²) in [5.41, 5.74) is 23.2. The number of allylic oxidation sites excluding steroid dienone is 2. The highest BCUT2D eigenvalue weighted by Crippen LogP contribution is 2.34. The van der Waals surface area contributed by atoms with Gasteiger partial charge in [0.1, 0.15) is 66.0 Å². The number of hydrogen-bond donors (Lipinski definition) is 0. The van der Waals surface area contributed by atoms with E-state index in [1.807, 2.05) is 170 Å². The van der Waals surface area contributed by atoms with Crippen molar-refractivity contribution in [2.24, 2.45) is 4.99 Å². The average molecular weight is 2110 g/mol. The number of ketones is 8. The summed E-state index contributed by atoms with van der Waals surface area (Å²) in [5.74, 6) is -1.37. The van der Waals surface area contributed by atoms with E-state index in [0.717, 1.165) is 99.3 Å². The summed E-state index contributed by atoms with van der Waals surface area (Å²) in [6.45, 7) is 1.48. The number of halogens is 4. The van der Waals surface area contributed by atoms with Crippen LogP contribution in [-0.4, -0.2) is 141 Å². The fraction of sp³-hybridized carbons (Fsp3) is 0.0741. The average Bonchev–Trinajstić information content (AvgIpc) is 1.79. The largest absolute Gasteiger partial charge is 1.00 e. The third-order valence-corrected chi connectivity index (χ3v) is 24.8. The summed E-state index contributed by atoms with van der Waals surface area (Å²) in [4.78, 5) is 175. The summed E-state index contributed by atoms with van der Waals surface area (Å²) in [6, 6.07) is 81.5. The second kappa shape index (κ2) is 40.8. The maximum Gasteiger partial charge on any atom is 0.245 e. The number of aliphatic imine (C=N–C) groups is 1. The molecule has 33 heteroatoms. The third kappa shape index (κ3) is 18.8. The fourth-order valence-electron chi connectivity index (χ4n) is 17.2. The summed E-state index contributed by atoms with van der Waals surface area (Å²) in [6.07, 6.45) is 19.3. The normalized spacial score (nSPS) is 12.7. The van der Waals surface area contributed by atoms with Crippen LogP contribution in [0.15, 0.2) is 346 Å². The van der Waals surface area contributed by atoms with Crippen molar-refractivity contribution >= 4 is 162 Å². The Labute approximate surface area is 839 Å². The van der Waals surface area contributed by atoms with Gasteiger partial charge in [0.25, 0.3) is 0 Å². The van der Waals surface area contributed by atoms with Crippen LogP contribution in [-0.2, 0) is 43.4 Å². The second-order valence-electron chi connectivity index (χ2n) is 32.6. The van der Waals surface area contributed by atoms with Crippen molar-refractivity contribution in [3.05, 3.63) is 459 Å². The number of imidazole rings is 3. The molecular formula is C108H71Br4N21O8. The first-order valence-corrected chi connectivity index (χ1v) is 46.2. The van der Waals surface area contributed by atoms with Gasteiger partial charge in [0.2, 0.25) is 75.9 Å². The first kappa shape index (κ1) is 93.2. The Bertz CT molecular complexity index is 8140. The molecule has 0 N–H and O–H groups in total. The molecule has 0 fully saturated rings. The van der Waals surface area contributed by atoms with Gasteiger partial charge in [0.15, 0.2) is 5.78 Å². The van der Waals surface area contributed by atoms with Gasteiger partial charge in [0.05, 0.1) is 138 Å². The maximum absolute atomic E-state index is 13.7. The molecule has 0 bridgehead atoms. The highest BCUT2D eigenvalue weighted by Gasteiger charge is 2.44. The van der Waals surface area contributed by atoms with Crippen molar-refractivity contribution in [1.82, 2.24) is 88.5 Å². The molecule has 11 heterocycles. The molecule has 0 unspecified atom stereocenters. The minimum absolute atomic E-state index is 0. The second-order valence-corrected chi connectivity index (χ2v) is 33.7. The van der Waals surface area contributed by atoms with Crippen molar-refractivity contribution in [3.63, 3.8) is 0 Å². The zero-order valence-electron chi connectivity index (χ0n) is 74.1. The molecular weight excluding hydrogens is 2040 g/mol. The molecule has 4 aliphatic carbocycles. The molecule has 10 aromatic heterocycles. The number of benzene rings is 11. The maximum atomic E-state index is 13.7. The van der Waals surface area contributed by atoms with Crippen LogP contribution in [0.4, 0.5) is 0 Å². The van der Waals surface area contributed by atoms with Crippen molar-refractivity contribution in [3.8, 4) is 0 Å². The molecule has 0 spiro atoms. The molecule has 26 rings (SSSR count). The molecule has 684 valence electrons. The van der Waals surface area contributed by atoms with Crippen LogP contribution in [0.5, 0.6) is 0 Å². The zero-order valence-corrected chi connectivity index (χ0v) is 80.4. The minimum Gasteiger partial charge on any atom is -1.00 e. The lowest BCUT2D eigenvalue weighted by atomic mass is 9.87. The first-order chi connectivity index (χ1) is 68.1. The summed E-state index contributed by atoms with van der Waals surface area (Å²) < 4.78 is 8.83. The minimum atomic E-state index is -0.224. The van der Waals surface area contributed by atoms with E-state index in [1.165, 1.54) is 6.33 Å². The van der Waals surface area contributed by atoms with E-state index in [0.29, 0.717) is 126 Å². The van der Waals surface area contributed by atoms with Gasteiger partial charge in [-0.3, -0.25) is 78.2 Å². The Morgan fingerprint density at radius 3 is 0.830 bits per heavy atom. The van der Waals surface area contributed by atoms with Crippen LogP contribution >= 0.6 is 31.9 Å². The van der Waals surface area contributed by atoms with Gasteiger partial charge < -0.3 is 38.5 Å². The van der Waals surface area contributed by atoms with Gasteiger partial charge in [-0.05, 0) is 84.9 Å². The quantitative estimate of drug-likeness (QED) is 0.0810. The van der Waals surface area contributed by atoms with Gasteiger partial charge in [-0.15, -0.1) is 0 Å². The van der Waals surface area contributed by atoms with Crippen LogP contribution in [0.25, 0.3) is 77.2 Å². The third-order valence-electron chi connectivity index (χ3n) is 23.7. The van der Waals surface area contributed by atoms with Gasteiger partial charge in [-0.25, -0.2) is 58.1 Å². The molecule has 0 amide bonds. The molecule has 5 aliphatic rings. The zero-order chi connectivity index (χ0) is 94.7. The Balaban J connectivity index is 0.000000113. The summed E-state index contributed by atoms with van der Waals surface area (Å²) in [7, 11) is 0. The molecule has 1 aliphatic heterocycles. The van der Waals surface area contributed by atoms with Crippen molar-refractivity contribution in [2.75, 3.05) is 0 Å². The van der Waals surface area contributed by atoms with Crippen molar-refractivity contribution < 1.29 is 81.5 Å². The Hall–Kier alpha value is -16.9. The van der Waals surface area contributed by atoms with Crippen molar-refractivity contribution in [2.45, 2.75) is 49.8 Å². The Morgan fingerprint density at radius 2 is 0.504 bits per heavy atom. The van der Waals surface area contributed by atoms with Crippen LogP contribution in [0.3, 0.4) is 0 Å². The first-order valence-electron chi connectivity index (χ1n) is 44.0. The molecule has 0 saturated carbocycles. The number of Topliss-reactive ketones (excluding diaryl/α,β-unsaturated/α-hetero) is 2. The van der Waals surface area contributed by atoms with Gasteiger partial charge in [0, 0.05) is 85.8 Å². The van der Waals surface area contributed by atoms with E-state index in [9.17, 15) is 38.4 Å². The molecule has 0 radical (unpaired) electrons. The van der Waals surface area contributed by atoms with Crippen LogP contribution < -0.4 is 43.1 Å². The van der Waals surface area contributed by atoms with Gasteiger partial charge in [-0.1, -0.05) is 214 Å². The topological polar surface area (TPSA) is 365 Å². The lowest BCUT2D eigenvalue weighted by molar-refractivity contribution is -0.690. The molecule has 29 nitrogen and oxygen atoms in total. The number of aromatic nitrogens is 20. The van der Waals surface area contributed by atoms with Crippen LogP contribution in [0.1, 0.15) is 163 Å². The van der Waals surface area contributed by atoms with Crippen molar-refractivity contribution in [1.29, 1.82) is 0 Å². The SMILES string of the molecule is BrCc1cnc2ccccc2n1.BrCc1cnc2ccccc2n1.O=C1C2=C(N=CC2)C(=O)c2ccccc21.O=C1c2ccccc2C(=O)c2c1n(Cc1cnc3ccccc3n1)c[n+]2Cc1cnc2ccccc2n1.O=C1c2ccccc2C(=O)c2c1n(Cc1cnc3ccccc3n1)c[n+]2Cc1cnc2ccccc2n1.O=C1c2ccccc2C(=O)c2c1ncn2Cc1cnc2ccccc2n1.[Br-].[Br-]. The number of hydrogen-bond acceptors (Lipinski definition) is 24. The number of rotatable bonds is 12. The van der Waals surface area contributed by atoms with E-state index in [4.69, 9.17) is 19.9 Å². The van der Waals surface area contributed by atoms with Gasteiger partial charge >= 0.3 is 0 Å². The number of para-hydroxylation sites is 14. The molecule has 141 heavy (non-hydrogen) atoms. The van der Waals surface area contributed by atoms with Crippen LogP contribution in [0.2, 0.25) is 0 Å². The molecule has 11 aromatic carbocycles. The standard InChI is InChI=1S/2C29H19N6O2.C20H12N4O2.C12H7NO2.2C9H7BrN2.2BrH/c2*36-28-20-7-1-2-8-21(20)29(37)27-26(28)34(15-18-13-30-22-9-3-5-11-24(22)32-18)17-35(27)16-19-14-31-23-10-4-6-12-25(23)33-19;25-19-13-5-1-2-6-14(13)20(26)18-17(19)22-11-24(18)10-12-9-21-15-7-3-4-8-16(15)23-12;14-11-7-3-1-2-4-8(7)12(15)10-9(11)5-6-13-10;2*10-5-7-6-11-8-3-1-2-4-9(8)12-7;;/h2*1-14,17H,15-16H2;1-9,11H,10H2;1-4,6H,5H2;2*1-4,6H,5H2;2*1H/q2*+1;;;;;;/p-2. The van der Waals surface area contributed by atoms with E-state index in [1.54, 1.807) is 182 Å². The summed E-state index contributed by atoms with van der Waals surface area (Å²) in [5, 5.41) is 1.51. The lowest BCUT2D eigenvalue weighted by Crippen LogP contribution is -3.00. The Kier molecular flexibility index (Phi) is 27.0. The molecule has 0 saturated heterocycles. The van der Waals surface area contributed by atoms with E-state index < -0.39 is 0 Å². The number of nitrogens with zero attached hydrogens (tertiary/aromatic N) is 21. The van der Waals surface area contributed by atoms with Gasteiger partial charge in [-0.2, -0.15) is 0 Å². The molecule has 21 aromatic rings. The number of carbonyl (C=O) groups excluding carboxylic acids is 8. The van der Waals surface area contributed by atoms with E-state index in [2.05, 4.69) is 91.7 Å². The summed E-state index contributed by atoms with van der Waals surface area (Å²) >= 11 is 6.68. The number of carbonyl (C=O) groups is 8. The predicted molar refractivity (Wildman–Crippen MR) is 524 cm³/mol. The smallest absolute Gasteiger partial charge is 0.245 e. The predicted octanol–water partition coefficient (Wildman–Crippen LogP) is 10.6. The fourth-order valence-corrected chi connectivity index (χ4v) is 17.7. The van der Waals surface area contributed by atoms with E-state index >= 15 is 0 Å². The Morgan fingerprint density at radius 1 is 0.255 bits per heavy atom.